The van der Waals surface area contributed by atoms with Crippen LogP contribution in [0.3, 0.4) is 0 Å². The van der Waals surface area contributed by atoms with Crippen molar-refractivity contribution in [3.63, 3.8) is 0 Å². The molecule has 0 saturated carbocycles. The number of halogens is 2. The predicted molar refractivity (Wildman–Crippen MR) is 128 cm³/mol. The lowest BCUT2D eigenvalue weighted by Crippen LogP contribution is -2.52. The zero-order chi connectivity index (χ0) is 24.5. The van der Waals surface area contributed by atoms with Crippen molar-refractivity contribution in [1.82, 2.24) is 15.1 Å². The second kappa shape index (κ2) is 10.1. The van der Waals surface area contributed by atoms with E-state index in [-0.39, 0.29) is 36.9 Å². The third-order valence-corrected chi connectivity index (χ3v) is 8.14. The highest BCUT2D eigenvalue weighted by molar-refractivity contribution is 7.98. The summed E-state index contributed by atoms with van der Waals surface area (Å²) in [4.78, 5) is 41.2. The minimum atomic E-state index is -0.680. The highest BCUT2D eigenvalue weighted by Gasteiger charge is 2.39. The molecule has 0 bridgehead atoms. The van der Waals surface area contributed by atoms with Gasteiger partial charge in [-0.3, -0.25) is 24.6 Å². The van der Waals surface area contributed by atoms with Gasteiger partial charge in [0, 0.05) is 41.3 Å². The number of rotatable bonds is 6. The molecule has 9 heteroatoms. The van der Waals surface area contributed by atoms with E-state index in [1.807, 2.05) is 6.07 Å². The Labute approximate surface area is 207 Å². The number of amides is 3. The minimum Gasteiger partial charge on any atom is -0.322 e. The maximum absolute atomic E-state index is 14.8. The number of carbonyl (C=O) groups excluding carboxylic acids is 3. The molecule has 1 atom stereocenters. The van der Waals surface area contributed by atoms with E-state index in [0.29, 0.717) is 23.3 Å². The Morgan fingerprint density at radius 3 is 2.49 bits per heavy atom. The number of fused-ring (bicyclic) bond motifs is 1. The summed E-state index contributed by atoms with van der Waals surface area (Å²) in [6.07, 6.45) is 3.78. The Hall–Kier alpha value is -2.78. The molecule has 3 aliphatic heterocycles. The van der Waals surface area contributed by atoms with E-state index in [4.69, 9.17) is 0 Å². The van der Waals surface area contributed by atoms with Crippen molar-refractivity contribution in [2.24, 2.45) is 0 Å². The number of carbonyl (C=O) groups is 3. The first-order valence-electron chi connectivity index (χ1n) is 12.0. The lowest BCUT2D eigenvalue weighted by Gasteiger charge is -2.29. The van der Waals surface area contributed by atoms with Crippen LogP contribution in [0.2, 0.25) is 0 Å². The zero-order valence-corrected chi connectivity index (χ0v) is 20.1. The summed E-state index contributed by atoms with van der Waals surface area (Å²) in [5.74, 6) is -1.72. The van der Waals surface area contributed by atoms with Gasteiger partial charge in [-0.2, -0.15) is 0 Å². The lowest BCUT2D eigenvalue weighted by molar-refractivity contribution is -0.136. The molecule has 35 heavy (non-hydrogen) atoms. The highest BCUT2D eigenvalue weighted by Crippen LogP contribution is 2.36. The summed E-state index contributed by atoms with van der Waals surface area (Å²) < 4.78 is 29.6. The Morgan fingerprint density at radius 1 is 1.03 bits per heavy atom. The molecule has 2 saturated heterocycles. The molecule has 3 aliphatic rings. The molecule has 1 N–H and O–H groups in total. The van der Waals surface area contributed by atoms with Gasteiger partial charge in [-0.15, -0.1) is 11.8 Å². The number of hydrogen-bond donors (Lipinski definition) is 1. The first-order chi connectivity index (χ1) is 16.9. The SMILES string of the molecule is O=C1CCC(N2Cc3c(SCc4cc(F)c(CN5CCCCC5)c(F)c4)cccc3C2=O)C(=O)N1. The van der Waals surface area contributed by atoms with Crippen LogP contribution in [0.1, 0.15) is 59.2 Å². The number of likely N-dealkylation sites (tertiary alicyclic amines) is 1. The van der Waals surface area contributed by atoms with Crippen molar-refractivity contribution in [2.45, 2.75) is 61.9 Å². The molecule has 2 fully saturated rings. The van der Waals surface area contributed by atoms with Crippen LogP contribution in [-0.4, -0.2) is 46.7 Å². The van der Waals surface area contributed by atoms with Gasteiger partial charge in [-0.05, 0) is 67.7 Å². The Bertz CT molecular complexity index is 1160. The monoisotopic (exact) mass is 499 g/mol. The molecule has 1 unspecified atom stereocenters. The van der Waals surface area contributed by atoms with Crippen molar-refractivity contribution >= 4 is 29.5 Å². The number of thioether (sulfide) groups is 1. The first kappa shape index (κ1) is 23.9. The van der Waals surface area contributed by atoms with Gasteiger partial charge < -0.3 is 4.90 Å². The summed E-state index contributed by atoms with van der Waals surface area (Å²) in [5, 5.41) is 2.30. The normalized spacial score (nSPS) is 20.8. The Balaban J connectivity index is 1.28. The fourth-order valence-corrected chi connectivity index (χ4v) is 6.10. The van der Waals surface area contributed by atoms with Crippen molar-refractivity contribution in [2.75, 3.05) is 13.1 Å². The van der Waals surface area contributed by atoms with Crippen molar-refractivity contribution < 1.29 is 23.2 Å². The smallest absolute Gasteiger partial charge is 0.255 e. The summed E-state index contributed by atoms with van der Waals surface area (Å²) in [6.45, 7) is 2.28. The third kappa shape index (κ3) is 4.97. The molecule has 3 heterocycles. The fraction of sp³-hybridized carbons (Fsp3) is 0.423. The van der Waals surface area contributed by atoms with Gasteiger partial charge in [0.25, 0.3) is 5.91 Å². The highest BCUT2D eigenvalue weighted by atomic mass is 32.2. The van der Waals surface area contributed by atoms with Crippen LogP contribution in [0.5, 0.6) is 0 Å². The van der Waals surface area contributed by atoms with E-state index in [0.717, 1.165) is 42.8 Å². The summed E-state index contributed by atoms with van der Waals surface area (Å²) in [5.41, 5.74) is 1.98. The molecule has 3 amide bonds. The second-order valence-corrected chi connectivity index (χ2v) is 10.4. The molecule has 6 nitrogen and oxygen atoms in total. The van der Waals surface area contributed by atoms with Gasteiger partial charge in [-0.25, -0.2) is 8.78 Å². The molecule has 0 radical (unpaired) electrons. The van der Waals surface area contributed by atoms with Gasteiger partial charge in [-0.1, -0.05) is 12.5 Å². The molecule has 5 rings (SSSR count). The third-order valence-electron chi connectivity index (χ3n) is 6.96. The lowest BCUT2D eigenvalue weighted by atomic mass is 10.0. The average Bonchev–Trinajstić information content (AvgIpc) is 3.17. The molecular formula is C26H27F2N3O3S. The van der Waals surface area contributed by atoms with Crippen LogP contribution < -0.4 is 5.32 Å². The number of nitrogens with zero attached hydrogens (tertiary/aromatic N) is 2. The average molecular weight is 500 g/mol. The standard InChI is InChI=1S/C26H27F2N3O3S/c27-20-11-16(12-21(28)19(20)13-30-9-2-1-3-10-30)15-35-23-6-4-5-17-18(23)14-31(26(17)34)22-7-8-24(32)29-25(22)33/h4-6,11-12,22H,1-3,7-10,13-15H2,(H,29,32,33). The summed E-state index contributed by atoms with van der Waals surface area (Å²) >= 11 is 1.41. The molecular weight excluding hydrogens is 472 g/mol. The zero-order valence-electron chi connectivity index (χ0n) is 19.3. The molecule has 2 aromatic carbocycles. The molecule has 0 aliphatic carbocycles. The van der Waals surface area contributed by atoms with E-state index >= 15 is 0 Å². The molecule has 2 aromatic rings. The number of hydrogen-bond acceptors (Lipinski definition) is 5. The van der Waals surface area contributed by atoms with E-state index in [1.54, 1.807) is 12.1 Å². The van der Waals surface area contributed by atoms with E-state index in [2.05, 4.69) is 10.2 Å². The van der Waals surface area contributed by atoms with Gasteiger partial charge in [0.2, 0.25) is 11.8 Å². The topological polar surface area (TPSA) is 69.7 Å². The van der Waals surface area contributed by atoms with Gasteiger partial charge >= 0.3 is 0 Å². The van der Waals surface area contributed by atoms with Crippen LogP contribution in [0, 0.1) is 11.6 Å². The second-order valence-electron chi connectivity index (χ2n) is 9.35. The molecule has 0 spiro atoms. The van der Waals surface area contributed by atoms with Crippen molar-refractivity contribution in [1.29, 1.82) is 0 Å². The quantitative estimate of drug-likeness (QED) is 0.481. The van der Waals surface area contributed by atoms with Crippen LogP contribution in [0.25, 0.3) is 0 Å². The van der Waals surface area contributed by atoms with Crippen molar-refractivity contribution in [3.05, 3.63) is 64.2 Å². The summed E-state index contributed by atoms with van der Waals surface area (Å²) in [7, 11) is 0. The fourth-order valence-electron chi connectivity index (χ4n) is 5.08. The van der Waals surface area contributed by atoms with Gasteiger partial charge in [0.15, 0.2) is 0 Å². The van der Waals surface area contributed by atoms with E-state index in [1.165, 1.54) is 28.8 Å². The maximum Gasteiger partial charge on any atom is 0.255 e. The number of benzene rings is 2. The van der Waals surface area contributed by atoms with Crippen LogP contribution >= 0.6 is 11.8 Å². The van der Waals surface area contributed by atoms with Crippen LogP contribution in [0.15, 0.2) is 35.2 Å². The number of imide groups is 1. The predicted octanol–water partition coefficient (Wildman–Crippen LogP) is 4.00. The minimum absolute atomic E-state index is 0.117. The molecule has 0 aromatic heterocycles. The maximum atomic E-state index is 14.8. The van der Waals surface area contributed by atoms with Crippen LogP contribution in [-0.2, 0) is 28.4 Å². The first-order valence-corrected chi connectivity index (χ1v) is 13.0. The molecule has 184 valence electrons. The Kier molecular flexibility index (Phi) is 6.88. The largest absolute Gasteiger partial charge is 0.322 e. The number of nitrogens with one attached hydrogen (secondary N) is 1. The van der Waals surface area contributed by atoms with E-state index < -0.39 is 23.6 Å². The summed E-state index contributed by atoms with van der Waals surface area (Å²) in [6, 6.07) is 7.50. The number of piperidine rings is 2. The van der Waals surface area contributed by atoms with Crippen molar-refractivity contribution in [3.8, 4) is 0 Å². The Morgan fingerprint density at radius 2 is 1.77 bits per heavy atom. The van der Waals surface area contributed by atoms with E-state index in [9.17, 15) is 23.2 Å². The van der Waals surface area contributed by atoms with Gasteiger partial charge in [0.1, 0.15) is 17.7 Å². The van der Waals surface area contributed by atoms with Gasteiger partial charge in [0.05, 0.1) is 0 Å². The van der Waals surface area contributed by atoms with Crippen LogP contribution in [0.4, 0.5) is 8.78 Å².